The van der Waals surface area contributed by atoms with Gasteiger partial charge >= 0.3 is 0 Å². The van der Waals surface area contributed by atoms with Crippen molar-refractivity contribution in [1.29, 1.82) is 5.26 Å². The fraction of sp³-hybridized carbons (Fsp3) is 0.448. The molecule has 39 heavy (non-hydrogen) atoms. The number of aromatic amines is 1. The smallest absolute Gasteiger partial charge is 0.214 e. The average molecular weight is 545 g/mol. The second kappa shape index (κ2) is 10.9. The molecule has 3 aromatic heterocycles. The Kier molecular flexibility index (Phi) is 7.19. The molecule has 0 amide bonds. The van der Waals surface area contributed by atoms with Crippen molar-refractivity contribution in [3.63, 3.8) is 0 Å². The molecule has 1 atom stereocenters. The Morgan fingerprint density at radius 2 is 1.85 bits per heavy atom. The van der Waals surface area contributed by atoms with E-state index in [0.29, 0.717) is 31.0 Å². The summed E-state index contributed by atoms with van der Waals surface area (Å²) >= 11 is 0. The molecule has 0 spiro atoms. The number of nitrogens with one attached hydrogen (secondary N) is 1. The maximum atomic E-state index is 13.4. The monoisotopic (exact) mass is 544 g/mol. The minimum Gasteiger partial charge on any atom is -0.493 e. The molecule has 4 aromatic rings. The first kappa shape index (κ1) is 25.7. The van der Waals surface area contributed by atoms with Crippen molar-refractivity contribution in [2.75, 3.05) is 25.4 Å². The topological polar surface area (TPSA) is 125 Å². The van der Waals surface area contributed by atoms with E-state index < -0.39 is 10.0 Å². The second-order valence-electron chi connectivity index (χ2n) is 10.8. The van der Waals surface area contributed by atoms with Gasteiger partial charge in [-0.15, -0.1) is 0 Å². The van der Waals surface area contributed by atoms with Gasteiger partial charge in [0.2, 0.25) is 10.0 Å². The lowest BCUT2D eigenvalue weighted by molar-refractivity contribution is 0.179. The van der Waals surface area contributed by atoms with Crippen LogP contribution >= 0.6 is 0 Å². The summed E-state index contributed by atoms with van der Waals surface area (Å²) < 4.78 is 34.4. The predicted octanol–water partition coefficient (Wildman–Crippen LogP) is 4.77. The number of aromatic nitrogens is 4. The van der Waals surface area contributed by atoms with Gasteiger partial charge in [-0.25, -0.2) is 27.7 Å². The highest BCUT2D eigenvalue weighted by Crippen LogP contribution is 2.39. The van der Waals surface area contributed by atoms with Gasteiger partial charge in [0.15, 0.2) is 0 Å². The van der Waals surface area contributed by atoms with Crippen LogP contribution < -0.4 is 4.74 Å². The molecule has 0 bridgehead atoms. The molecule has 1 aliphatic carbocycles. The van der Waals surface area contributed by atoms with E-state index in [1.54, 1.807) is 41.1 Å². The summed E-state index contributed by atoms with van der Waals surface area (Å²) in [7, 11) is -3.34. The number of nitriles is 1. The Hall–Kier alpha value is -3.55. The number of rotatable bonds is 7. The van der Waals surface area contributed by atoms with Crippen molar-refractivity contribution in [2.45, 2.75) is 44.4 Å². The third-order valence-corrected chi connectivity index (χ3v) is 10.3. The Labute approximate surface area is 228 Å². The number of fused-ring (bicyclic) bond motifs is 3. The zero-order valence-electron chi connectivity index (χ0n) is 21.8. The number of H-pyrrole nitrogens is 1. The fourth-order valence-electron chi connectivity index (χ4n) is 6.15. The summed E-state index contributed by atoms with van der Waals surface area (Å²) in [4.78, 5) is 16.7. The van der Waals surface area contributed by atoms with Crippen LogP contribution in [0.2, 0.25) is 0 Å². The highest BCUT2D eigenvalue weighted by Gasteiger charge is 2.33. The number of piperidine rings is 1. The molecule has 202 valence electrons. The summed E-state index contributed by atoms with van der Waals surface area (Å²) in [5.74, 6) is 1.51. The van der Waals surface area contributed by atoms with E-state index in [9.17, 15) is 8.42 Å². The highest BCUT2D eigenvalue weighted by molar-refractivity contribution is 7.89. The number of ether oxygens (including phenoxy) is 1. The Morgan fingerprint density at radius 3 is 2.64 bits per heavy atom. The van der Waals surface area contributed by atoms with Crippen molar-refractivity contribution in [3.05, 3.63) is 60.3 Å². The molecule has 1 saturated carbocycles. The largest absolute Gasteiger partial charge is 0.493 e. The van der Waals surface area contributed by atoms with Gasteiger partial charge in [-0.3, -0.25) is 0 Å². The van der Waals surface area contributed by atoms with E-state index in [1.165, 1.54) is 0 Å². The van der Waals surface area contributed by atoms with Crippen LogP contribution in [-0.4, -0.2) is 58.1 Å². The third kappa shape index (κ3) is 5.47. The first-order chi connectivity index (χ1) is 19.0. The fourth-order valence-corrected chi connectivity index (χ4v) is 8.14. The molecule has 0 radical (unpaired) electrons. The van der Waals surface area contributed by atoms with E-state index in [2.05, 4.69) is 26.0 Å². The van der Waals surface area contributed by atoms with Crippen molar-refractivity contribution in [1.82, 2.24) is 24.2 Å². The maximum absolute atomic E-state index is 13.4. The number of benzene rings is 1. The normalized spacial score (nSPS) is 22.6. The van der Waals surface area contributed by atoms with Gasteiger partial charge < -0.3 is 9.72 Å². The zero-order valence-corrected chi connectivity index (χ0v) is 22.6. The van der Waals surface area contributed by atoms with Gasteiger partial charge in [0.25, 0.3) is 0 Å². The number of nitrogens with zero attached hydrogens (tertiary/aromatic N) is 5. The Balaban J connectivity index is 1.06. The zero-order chi connectivity index (χ0) is 26.8. The maximum Gasteiger partial charge on any atom is 0.214 e. The molecule has 4 heterocycles. The van der Waals surface area contributed by atoms with Crippen molar-refractivity contribution in [3.8, 4) is 11.8 Å². The number of sulfonamides is 1. The molecule has 9 nitrogen and oxygen atoms in total. The lowest BCUT2D eigenvalue weighted by atomic mass is 9.80. The van der Waals surface area contributed by atoms with Crippen LogP contribution in [-0.2, 0) is 10.0 Å². The van der Waals surface area contributed by atoms with Crippen LogP contribution in [0, 0.1) is 23.2 Å². The van der Waals surface area contributed by atoms with Crippen molar-refractivity contribution < 1.29 is 13.2 Å². The minimum atomic E-state index is -3.34. The summed E-state index contributed by atoms with van der Waals surface area (Å²) in [5.41, 5.74) is 3.32. The van der Waals surface area contributed by atoms with Crippen LogP contribution in [0.15, 0.2) is 49.1 Å². The predicted molar refractivity (Wildman–Crippen MR) is 149 cm³/mol. The molecule has 2 aliphatic rings. The standard InChI is InChI=1S/C29H32N6O3S/c30-14-20-5-9-24(10-6-20)38-17-22-2-1-13-35(16-22)39(36,37)18-21-3-7-23(8-4-21)28-27-25-11-12-31-29(25)32-15-26(27)33-19-34-28/h5-6,9-12,15,19,21-23H,1-4,7-8,13,16-18H2,(H,31,32). The lowest BCUT2D eigenvalue weighted by Gasteiger charge is -2.34. The summed E-state index contributed by atoms with van der Waals surface area (Å²) in [6, 6.07) is 11.2. The van der Waals surface area contributed by atoms with Gasteiger partial charge in [0, 0.05) is 41.9 Å². The van der Waals surface area contributed by atoms with Crippen LogP contribution in [0.4, 0.5) is 0 Å². The van der Waals surface area contributed by atoms with Crippen LogP contribution in [0.1, 0.15) is 55.7 Å². The SMILES string of the molecule is N#Cc1ccc(OCC2CCCN(S(=O)(=O)CC3CCC(c4ncnc5cnc6[nH]ccc6c45)CC3)C2)cc1. The molecule has 1 saturated heterocycles. The van der Waals surface area contributed by atoms with Gasteiger partial charge in [-0.1, -0.05) is 0 Å². The quantitative estimate of drug-likeness (QED) is 0.355. The molecule has 1 unspecified atom stereocenters. The van der Waals surface area contributed by atoms with E-state index in [-0.39, 0.29) is 23.5 Å². The molecule has 2 fully saturated rings. The highest BCUT2D eigenvalue weighted by atomic mass is 32.2. The van der Waals surface area contributed by atoms with Gasteiger partial charge in [0.05, 0.1) is 41.4 Å². The molecule has 1 aromatic carbocycles. The second-order valence-corrected chi connectivity index (χ2v) is 12.8. The summed E-state index contributed by atoms with van der Waals surface area (Å²) in [6.45, 7) is 1.56. The minimum absolute atomic E-state index is 0.156. The van der Waals surface area contributed by atoms with E-state index >= 15 is 0 Å². The lowest BCUT2D eigenvalue weighted by Crippen LogP contribution is -2.43. The average Bonchev–Trinajstić information content (AvgIpc) is 3.46. The van der Waals surface area contributed by atoms with E-state index in [1.807, 2.05) is 12.3 Å². The molecule has 6 rings (SSSR count). The van der Waals surface area contributed by atoms with Crippen molar-refractivity contribution in [2.24, 2.45) is 11.8 Å². The van der Waals surface area contributed by atoms with Crippen molar-refractivity contribution >= 4 is 32.0 Å². The number of hydrogen-bond donors (Lipinski definition) is 1. The number of hydrogen-bond acceptors (Lipinski definition) is 7. The Bertz CT molecular complexity index is 1600. The van der Waals surface area contributed by atoms with Crippen LogP contribution in [0.25, 0.3) is 21.9 Å². The van der Waals surface area contributed by atoms with E-state index in [0.717, 1.165) is 66.2 Å². The first-order valence-electron chi connectivity index (χ1n) is 13.7. The van der Waals surface area contributed by atoms with Gasteiger partial charge in [-0.2, -0.15) is 5.26 Å². The summed E-state index contributed by atoms with van der Waals surface area (Å²) in [5, 5.41) is 11.0. The Morgan fingerprint density at radius 1 is 1.03 bits per heavy atom. The molecule has 10 heteroatoms. The van der Waals surface area contributed by atoms with E-state index in [4.69, 9.17) is 10.00 Å². The van der Waals surface area contributed by atoms with Crippen LogP contribution in [0.3, 0.4) is 0 Å². The summed E-state index contributed by atoms with van der Waals surface area (Å²) in [6.07, 6.45) is 10.7. The molecule has 1 aliphatic heterocycles. The van der Waals surface area contributed by atoms with Gasteiger partial charge in [0.1, 0.15) is 17.7 Å². The molecular formula is C29H32N6O3S. The van der Waals surface area contributed by atoms with Crippen LogP contribution in [0.5, 0.6) is 5.75 Å². The third-order valence-electron chi connectivity index (χ3n) is 8.24. The molecule has 1 N–H and O–H groups in total. The molecular weight excluding hydrogens is 512 g/mol. The first-order valence-corrected chi connectivity index (χ1v) is 15.3. The van der Waals surface area contributed by atoms with Gasteiger partial charge in [-0.05, 0) is 74.8 Å². The number of pyridine rings is 1.